The number of hydrogen-bond donors (Lipinski definition) is 0. The Bertz CT molecular complexity index is 719. The van der Waals surface area contributed by atoms with Gasteiger partial charge in [-0.1, -0.05) is 24.3 Å². The second-order valence-electron chi connectivity index (χ2n) is 7.27. The highest BCUT2D eigenvalue weighted by atomic mass is 19.1. The van der Waals surface area contributed by atoms with E-state index in [2.05, 4.69) is 11.9 Å². The van der Waals surface area contributed by atoms with Gasteiger partial charge in [-0.3, -0.25) is 0 Å². The molecule has 4 heteroatoms. The van der Waals surface area contributed by atoms with Gasteiger partial charge in [-0.05, 0) is 68.1 Å². The lowest BCUT2D eigenvalue weighted by Gasteiger charge is -2.38. The molecule has 2 nitrogen and oxygen atoms in total. The largest absolute Gasteiger partial charge is 0.365 e. The number of rotatable bonds is 4. The molecule has 2 aliphatic rings. The molecule has 2 unspecified atom stereocenters. The van der Waals surface area contributed by atoms with E-state index in [0.29, 0.717) is 12.1 Å². The minimum atomic E-state index is -0.371. The van der Waals surface area contributed by atoms with Gasteiger partial charge in [0.15, 0.2) is 0 Å². The molecule has 2 aliphatic heterocycles. The molecular weight excluding hydrogens is 320 g/mol. The molecule has 0 aliphatic carbocycles. The van der Waals surface area contributed by atoms with Gasteiger partial charge in [-0.25, -0.2) is 8.78 Å². The first-order valence-corrected chi connectivity index (χ1v) is 8.98. The lowest BCUT2D eigenvalue weighted by molar-refractivity contribution is -0.0427. The van der Waals surface area contributed by atoms with Crippen molar-refractivity contribution in [1.29, 1.82) is 0 Å². The van der Waals surface area contributed by atoms with Crippen molar-refractivity contribution in [2.45, 2.75) is 50.0 Å². The van der Waals surface area contributed by atoms with Gasteiger partial charge in [-0.2, -0.15) is 0 Å². The van der Waals surface area contributed by atoms with Gasteiger partial charge in [0, 0.05) is 12.1 Å². The Labute approximate surface area is 147 Å². The van der Waals surface area contributed by atoms with E-state index in [1.807, 2.05) is 6.07 Å². The van der Waals surface area contributed by atoms with Gasteiger partial charge in [0.2, 0.25) is 0 Å². The van der Waals surface area contributed by atoms with Crippen molar-refractivity contribution in [3.8, 4) is 0 Å². The minimum absolute atomic E-state index is 0.145. The topological polar surface area (TPSA) is 12.5 Å². The average molecular weight is 343 g/mol. The number of hydrogen-bond acceptors (Lipinski definition) is 2. The molecule has 0 saturated carbocycles. The van der Waals surface area contributed by atoms with Crippen LogP contribution in [0.15, 0.2) is 48.5 Å². The summed E-state index contributed by atoms with van der Waals surface area (Å²) in [6.45, 7) is 0. The predicted molar refractivity (Wildman–Crippen MR) is 93.3 cm³/mol. The molecule has 0 spiro atoms. The smallest absolute Gasteiger partial charge is 0.123 e. The van der Waals surface area contributed by atoms with Gasteiger partial charge in [-0.15, -0.1) is 0 Å². The van der Waals surface area contributed by atoms with Crippen LogP contribution < -0.4 is 0 Å². The maximum Gasteiger partial charge on any atom is 0.123 e. The predicted octanol–water partition coefficient (Wildman–Crippen LogP) is 4.70. The normalized spacial score (nSPS) is 27.4. The Morgan fingerprint density at radius 1 is 0.920 bits per heavy atom. The van der Waals surface area contributed by atoms with Crippen LogP contribution in [0.1, 0.15) is 42.9 Å². The molecule has 2 heterocycles. The standard InChI is InChI=1S/C21H23F2NO/c1-24-18-9-10-19(24)13-20(12-18)25-21(14-5-7-16(22)8-6-14)15-3-2-4-17(23)11-15/h2-8,11,18-21H,9-10,12-13H2,1H3/t18-,19+,20?,21?. The van der Waals surface area contributed by atoms with Gasteiger partial charge in [0.05, 0.1) is 6.10 Å². The van der Waals surface area contributed by atoms with E-state index in [9.17, 15) is 8.78 Å². The summed E-state index contributed by atoms with van der Waals surface area (Å²) in [5.74, 6) is -0.560. The molecule has 132 valence electrons. The van der Waals surface area contributed by atoms with E-state index in [1.165, 1.54) is 37.1 Å². The highest BCUT2D eigenvalue weighted by Crippen LogP contribution is 2.38. The van der Waals surface area contributed by atoms with Crippen molar-refractivity contribution >= 4 is 0 Å². The number of benzene rings is 2. The van der Waals surface area contributed by atoms with Crippen molar-refractivity contribution in [2.75, 3.05) is 7.05 Å². The molecule has 2 aromatic rings. The zero-order chi connectivity index (χ0) is 17.4. The van der Waals surface area contributed by atoms with Crippen molar-refractivity contribution in [1.82, 2.24) is 4.90 Å². The van der Waals surface area contributed by atoms with Crippen LogP contribution in [0, 0.1) is 11.6 Å². The summed E-state index contributed by atoms with van der Waals surface area (Å²) in [7, 11) is 2.20. The van der Waals surface area contributed by atoms with E-state index < -0.39 is 0 Å². The molecule has 4 atom stereocenters. The lowest BCUT2D eigenvalue weighted by atomic mass is 9.97. The quantitative estimate of drug-likeness (QED) is 0.798. The van der Waals surface area contributed by atoms with E-state index >= 15 is 0 Å². The molecular formula is C21H23F2NO. The molecule has 2 aromatic carbocycles. The summed E-state index contributed by atoms with van der Waals surface area (Å²) in [4.78, 5) is 2.47. The number of nitrogens with zero attached hydrogens (tertiary/aromatic N) is 1. The molecule has 2 saturated heterocycles. The fourth-order valence-corrected chi connectivity index (χ4v) is 4.32. The van der Waals surface area contributed by atoms with E-state index in [1.54, 1.807) is 18.2 Å². The van der Waals surface area contributed by atoms with E-state index in [-0.39, 0.29) is 23.8 Å². The van der Waals surface area contributed by atoms with Crippen LogP contribution in [-0.4, -0.2) is 30.1 Å². The first kappa shape index (κ1) is 16.7. The Kier molecular flexibility index (Phi) is 4.57. The molecule has 0 amide bonds. The fraction of sp³-hybridized carbons (Fsp3) is 0.429. The third-order valence-electron chi connectivity index (χ3n) is 5.71. The molecule has 2 bridgehead atoms. The maximum absolute atomic E-state index is 13.7. The molecule has 0 radical (unpaired) electrons. The van der Waals surface area contributed by atoms with Crippen LogP contribution in [0.25, 0.3) is 0 Å². The van der Waals surface area contributed by atoms with Gasteiger partial charge in [0.1, 0.15) is 17.7 Å². The fourth-order valence-electron chi connectivity index (χ4n) is 4.32. The van der Waals surface area contributed by atoms with Gasteiger partial charge >= 0.3 is 0 Å². The Morgan fingerprint density at radius 3 is 2.24 bits per heavy atom. The second kappa shape index (κ2) is 6.85. The SMILES string of the molecule is CN1[C@@H]2CC[C@H]1CC(OC(c1ccc(F)cc1)c1cccc(F)c1)C2. The Hall–Kier alpha value is -1.78. The van der Waals surface area contributed by atoms with Crippen LogP contribution in [0.3, 0.4) is 0 Å². The van der Waals surface area contributed by atoms with E-state index in [0.717, 1.165) is 24.0 Å². The highest BCUT2D eigenvalue weighted by Gasteiger charge is 2.39. The third-order valence-corrected chi connectivity index (χ3v) is 5.71. The minimum Gasteiger partial charge on any atom is -0.365 e. The summed E-state index contributed by atoms with van der Waals surface area (Å²) in [5.41, 5.74) is 1.64. The number of piperidine rings is 1. The zero-order valence-corrected chi connectivity index (χ0v) is 14.4. The van der Waals surface area contributed by atoms with Crippen molar-refractivity contribution in [2.24, 2.45) is 0 Å². The average Bonchev–Trinajstić information content (AvgIpc) is 2.82. The molecule has 25 heavy (non-hydrogen) atoms. The number of ether oxygens (including phenoxy) is 1. The van der Waals surface area contributed by atoms with Crippen LogP contribution in [0.2, 0.25) is 0 Å². The number of fused-ring (bicyclic) bond motifs is 2. The van der Waals surface area contributed by atoms with Crippen LogP contribution >= 0.6 is 0 Å². The molecule has 2 fully saturated rings. The Balaban J connectivity index is 1.60. The van der Waals surface area contributed by atoms with Crippen LogP contribution in [0.4, 0.5) is 8.78 Å². The molecule has 0 N–H and O–H groups in total. The van der Waals surface area contributed by atoms with Gasteiger partial charge < -0.3 is 9.64 Å². The zero-order valence-electron chi connectivity index (χ0n) is 14.4. The highest BCUT2D eigenvalue weighted by molar-refractivity contribution is 5.30. The number of halogens is 2. The van der Waals surface area contributed by atoms with Crippen molar-refractivity contribution in [3.05, 3.63) is 71.3 Å². The van der Waals surface area contributed by atoms with Crippen LogP contribution in [-0.2, 0) is 4.74 Å². The first-order valence-electron chi connectivity index (χ1n) is 8.98. The second-order valence-corrected chi connectivity index (χ2v) is 7.27. The summed E-state index contributed by atoms with van der Waals surface area (Å²) >= 11 is 0. The summed E-state index contributed by atoms with van der Waals surface area (Å²) < 4.78 is 33.5. The van der Waals surface area contributed by atoms with Crippen molar-refractivity contribution < 1.29 is 13.5 Å². The Morgan fingerprint density at radius 2 is 1.60 bits per heavy atom. The third kappa shape index (κ3) is 3.46. The van der Waals surface area contributed by atoms with Crippen molar-refractivity contribution in [3.63, 3.8) is 0 Å². The van der Waals surface area contributed by atoms with E-state index in [4.69, 9.17) is 4.74 Å². The monoisotopic (exact) mass is 343 g/mol. The molecule has 0 aromatic heterocycles. The first-order chi connectivity index (χ1) is 12.1. The summed E-state index contributed by atoms with van der Waals surface area (Å²) in [6, 6.07) is 14.0. The summed E-state index contributed by atoms with van der Waals surface area (Å²) in [6.07, 6.45) is 4.22. The lowest BCUT2D eigenvalue weighted by Crippen LogP contribution is -2.43. The maximum atomic E-state index is 13.7. The molecule has 4 rings (SSSR count). The van der Waals surface area contributed by atoms with Gasteiger partial charge in [0.25, 0.3) is 0 Å². The summed E-state index contributed by atoms with van der Waals surface area (Å²) in [5, 5.41) is 0. The van der Waals surface area contributed by atoms with Crippen LogP contribution in [0.5, 0.6) is 0 Å².